The van der Waals surface area contributed by atoms with Gasteiger partial charge in [-0.1, -0.05) is 12.1 Å². The SMILES string of the molecule is FCCCNc1ccc(-c2nc3ccccc3s2)cc1. The van der Waals surface area contributed by atoms with Gasteiger partial charge in [0.1, 0.15) is 5.01 Å². The number of alkyl halides is 1. The molecule has 0 aliphatic heterocycles. The van der Waals surface area contributed by atoms with Crippen LogP contribution in [0.15, 0.2) is 48.5 Å². The van der Waals surface area contributed by atoms with Crippen molar-refractivity contribution in [1.82, 2.24) is 4.98 Å². The molecule has 0 aliphatic rings. The second-order valence-corrected chi connectivity index (χ2v) is 5.56. The lowest BCUT2D eigenvalue weighted by Crippen LogP contribution is -2.01. The van der Waals surface area contributed by atoms with Crippen LogP contribution in [0, 0.1) is 0 Å². The van der Waals surface area contributed by atoms with Crippen molar-refractivity contribution in [2.75, 3.05) is 18.5 Å². The Morgan fingerprint density at radius 2 is 1.85 bits per heavy atom. The summed E-state index contributed by atoms with van der Waals surface area (Å²) >= 11 is 1.70. The van der Waals surface area contributed by atoms with Crippen LogP contribution >= 0.6 is 11.3 Å². The number of nitrogens with one attached hydrogen (secondary N) is 1. The highest BCUT2D eigenvalue weighted by atomic mass is 32.1. The first-order valence-electron chi connectivity index (χ1n) is 6.62. The van der Waals surface area contributed by atoms with Gasteiger partial charge >= 0.3 is 0 Å². The van der Waals surface area contributed by atoms with Crippen LogP contribution in [0.2, 0.25) is 0 Å². The van der Waals surface area contributed by atoms with E-state index in [1.54, 1.807) is 11.3 Å². The van der Waals surface area contributed by atoms with Crippen LogP contribution in [0.4, 0.5) is 10.1 Å². The minimum Gasteiger partial charge on any atom is -0.385 e. The average Bonchev–Trinajstić information content (AvgIpc) is 2.92. The average molecular weight is 286 g/mol. The van der Waals surface area contributed by atoms with E-state index < -0.39 is 0 Å². The molecule has 102 valence electrons. The Hall–Kier alpha value is -1.94. The molecule has 0 saturated heterocycles. The second-order valence-electron chi connectivity index (χ2n) is 4.53. The number of para-hydroxylation sites is 1. The van der Waals surface area contributed by atoms with E-state index in [2.05, 4.69) is 28.5 Å². The fraction of sp³-hybridized carbons (Fsp3) is 0.188. The van der Waals surface area contributed by atoms with Gasteiger partial charge in [0.05, 0.1) is 16.9 Å². The normalized spacial score (nSPS) is 10.8. The van der Waals surface area contributed by atoms with Crippen LogP contribution in [0.25, 0.3) is 20.8 Å². The molecule has 2 nitrogen and oxygen atoms in total. The predicted octanol–water partition coefficient (Wildman–Crippen LogP) is 4.73. The number of halogens is 1. The molecular formula is C16H15FN2S. The Morgan fingerprint density at radius 1 is 1.05 bits per heavy atom. The maximum Gasteiger partial charge on any atom is 0.124 e. The van der Waals surface area contributed by atoms with Gasteiger partial charge in [-0.25, -0.2) is 4.98 Å². The summed E-state index contributed by atoms with van der Waals surface area (Å²) < 4.78 is 13.2. The third-order valence-electron chi connectivity index (χ3n) is 3.07. The number of benzene rings is 2. The lowest BCUT2D eigenvalue weighted by Gasteiger charge is -2.05. The number of hydrogen-bond donors (Lipinski definition) is 1. The van der Waals surface area contributed by atoms with Gasteiger partial charge in [0, 0.05) is 17.8 Å². The Balaban J connectivity index is 1.79. The van der Waals surface area contributed by atoms with Crippen LogP contribution in [0.1, 0.15) is 6.42 Å². The van der Waals surface area contributed by atoms with E-state index in [0.29, 0.717) is 13.0 Å². The van der Waals surface area contributed by atoms with Crippen molar-refractivity contribution in [3.05, 3.63) is 48.5 Å². The highest BCUT2D eigenvalue weighted by Crippen LogP contribution is 2.30. The van der Waals surface area contributed by atoms with Crippen LogP contribution in [0.5, 0.6) is 0 Å². The topological polar surface area (TPSA) is 24.9 Å². The van der Waals surface area contributed by atoms with Crippen molar-refractivity contribution in [2.24, 2.45) is 0 Å². The third-order valence-corrected chi connectivity index (χ3v) is 4.15. The fourth-order valence-electron chi connectivity index (χ4n) is 2.03. The number of nitrogens with zero attached hydrogens (tertiary/aromatic N) is 1. The first-order valence-corrected chi connectivity index (χ1v) is 7.44. The van der Waals surface area contributed by atoms with E-state index in [1.165, 1.54) is 4.70 Å². The Bertz CT molecular complexity index is 658. The van der Waals surface area contributed by atoms with Gasteiger partial charge in [0.15, 0.2) is 0 Å². The molecule has 0 radical (unpaired) electrons. The van der Waals surface area contributed by atoms with Gasteiger partial charge in [0.25, 0.3) is 0 Å². The number of fused-ring (bicyclic) bond motifs is 1. The molecule has 0 amide bonds. The summed E-state index contributed by atoms with van der Waals surface area (Å²) in [5.41, 5.74) is 3.17. The second kappa shape index (κ2) is 6.01. The molecule has 4 heteroatoms. The van der Waals surface area contributed by atoms with E-state index in [-0.39, 0.29) is 6.67 Å². The van der Waals surface area contributed by atoms with E-state index >= 15 is 0 Å². The summed E-state index contributed by atoms with van der Waals surface area (Å²) in [6.45, 7) is 0.383. The van der Waals surface area contributed by atoms with Crippen molar-refractivity contribution in [3.63, 3.8) is 0 Å². The molecule has 0 aliphatic carbocycles. The molecule has 0 atom stereocenters. The zero-order valence-corrected chi connectivity index (χ0v) is 11.8. The fourth-order valence-corrected chi connectivity index (χ4v) is 3.00. The predicted molar refractivity (Wildman–Crippen MR) is 84.1 cm³/mol. The highest BCUT2D eigenvalue weighted by Gasteiger charge is 2.05. The molecule has 1 heterocycles. The molecule has 0 fully saturated rings. The van der Waals surface area contributed by atoms with Crippen molar-refractivity contribution < 1.29 is 4.39 Å². The number of anilines is 1. The molecule has 0 spiro atoms. The van der Waals surface area contributed by atoms with Gasteiger partial charge in [-0.15, -0.1) is 11.3 Å². The number of hydrogen-bond acceptors (Lipinski definition) is 3. The monoisotopic (exact) mass is 286 g/mol. The van der Waals surface area contributed by atoms with E-state index in [9.17, 15) is 4.39 Å². The van der Waals surface area contributed by atoms with Crippen molar-refractivity contribution in [2.45, 2.75) is 6.42 Å². The Kier molecular flexibility index (Phi) is 3.92. The van der Waals surface area contributed by atoms with Gasteiger partial charge in [0.2, 0.25) is 0 Å². The highest BCUT2D eigenvalue weighted by molar-refractivity contribution is 7.21. The molecule has 0 bridgehead atoms. The maximum atomic E-state index is 12.0. The lowest BCUT2D eigenvalue weighted by molar-refractivity contribution is 0.481. The summed E-state index contributed by atoms with van der Waals surface area (Å²) in [6, 6.07) is 16.3. The Morgan fingerprint density at radius 3 is 2.60 bits per heavy atom. The van der Waals surface area contributed by atoms with Crippen LogP contribution < -0.4 is 5.32 Å². The van der Waals surface area contributed by atoms with Crippen molar-refractivity contribution in [3.8, 4) is 10.6 Å². The molecule has 2 aromatic carbocycles. The summed E-state index contributed by atoms with van der Waals surface area (Å²) in [6.07, 6.45) is 0.541. The quantitative estimate of drug-likeness (QED) is 0.686. The first kappa shape index (κ1) is 13.1. The van der Waals surface area contributed by atoms with Crippen LogP contribution in [-0.4, -0.2) is 18.2 Å². The molecule has 3 aromatic rings. The van der Waals surface area contributed by atoms with E-state index in [1.807, 2.05) is 30.3 Å². The zero-order valence-electron chi connectivity index (χ0n) is 11.0. The Labute approximate surface area is 121 Å². The smallest absolute Gasteiger partial charge is 0.124 e. The van der Waals surface area contributed by atoms with Crippen molar-refractivity contribution in [1.29, 1.82) is 0 Å². The minimum atomic E-state index is -0.281. The van der Waals surface area contributed by atoms with Gasteiger partial charge in [-0.2, -0.15) is 0 Å². The summed E-state index contributed by atoms with van der Waals surface area (Å²) in [4.78, 5) is 4.64. The van der Waals surface area contributed by atoms with E-state index in [0.717, 1.165) is 21.8 Å². The maximum absolute atomic E-state index is 12.0. The van der Waals surface area contributed by atoms with Crippen molar-refractivity contribution >= 4 is 27.2 Å². The number of rotatable bonds is 5. The molecule has 0 saturated carbocycles. The third kappa shape index (κ3) is 2.80. The van der Waals surface area contributed by atoms with Gasteiger partial charge < -0.3 is 5.32 Å². The molecule has 20 heavy (non-hydrogen) atoms. The van der Waals surface area contributed by atoms with Gasteiger partial charge in [-0.3, -0.25) is 4.39 Å². The molecule has 0 unspecified atom stereocenters. The summed E-state index contributed by atoms with van der Waals surface area (Å²) in [5.74, 6) is 0. The molecule has 3 rings (SSSR count). The zero-order chi connectivity index (χ0) is 13.8. The summed E-state index contributed by atoms with van der Waals surface area (Å²) in [7, 11) is 0. The van der Waals surface area contributed by atoms with Gasteiger partial charge in [-0.05, 0) is 42.8 Å². The van der Waals surface area contributed by atoms with E-state index in [4.69, 9.17) is 0 Å². The first-order chi connectivity index (χ1) is 9.86. The molecule has 1 N–H and O–H groups in total. The molecule has 1 aromatic heterocycles. The summed E-state index contributed by atoms with van der Waals surface area (Å²) in [5, 5.41) is 4.22. The van der Waals surface area contributed by atoms with Crippen LogP contribution in [-0.2, 0) is 0 Å². The minimum absolute atomic E-state index is 0.281. The standard InChI is InChI=1S/C16H15FN2S/c17-10-3-11-18-13-8-6-12(7-9-13)16-19-14-4-1-2-5-15(14)20-16/h1-2,4-9,18H,3,10-11H2. The molecular weight excluding hydrogens is 271 g/mol. The largest absolute Gasteiger partial charge is 0.385 e. The lowest BCUT2D eigenvalue weighted by atomic mass is 10.2. The number of aromatic nitrogens is 1. The number of thiazole rings is 1. The van der Waals surface area contributed by atoms with Crippen LogP contribution in [0.3, 0.4) is 0 Å².